The minimum Gasteiger partial charge on any atom is -0.468 e. The highest BCUT2D eigenvalue weighted by atomic mass is 16.5. The highest BCUT2D eigenvalue weighted by Crippen LogP contribution is 2.29. The monoisotopic (exact) mass is 281 g/mol. The van der Waals surface area contributed by atoms with Gasteiger partial charge in [-0.05, 0) is 18.9 Å². The number of nitrogens with two attached hydrogens (primary N) is 1. The second-order valence-corrected chi connectivity index (χ2v) is 4.73. The Morgan fingerprint density at radius 1 is 1.40 bits per heavy atom. The summed E-state index contributed by atoms with van der Waals surface area (Å²) in [6.45, 7) is 2.64. The van der Waals surface area contributed by atoms with Gasteiger partial charge in [-0.1, -0.05) is 29.8 Å². The molecule has 1 aromatic carbocycles. The van der Waals surface area contributed by atoms with Crippen LogP contribution in [0.5, 0.6) is 0 Å². The predicted molar refractivity (Wildman–Crippen MR) is 76.4 cm³/mol. The Morgan fingerprint density at radius 2 is 2.15 bits per heavy atom. The van der Waals surface area contributed by atoms with Gasteiger partial charge in [-0.25, -0.2) is 0 Å². The van der Waals surface area contributed by atoms with Gasteiger partial charge in [0.1, 0.15) is 5.41 Å². The molecule has 20 heavy (non-hydrogen) atoms. The van der Waals surface area contributed by atoms with Gasteiger partial charge in [0.25, 0.3) is 0 Å². The van der Waals surface area contributed by atoms with Crippen LogP contribution >= 0.6 is 0 Å². The Labute approximate surface area is 119 Å². The van der Waals surface area contributed by atoms with Crippen LogP contribution in [-0.2, 0) is 19.7 Å². The molecule has 0 spiro atoms. The zero-order valence-corrected chi connectivity index (χ0v) is 12.1. The Kier molecular flexibility index (Phi) is 6.64. The predicted octanol–water partition coefficient (Wildman–Crippen LogP) is 0.764. The summed E-state index contributed by atoms with van der Waals surface area (Å²) in [5.74, 6) is -0.363. The van der Waals surface area contributed by atoms with Crippen LogP contribution in [-0.4, -0.2) is 44.6 Å². The number of carbonyl (C=O) groups is 1. The van der Waals surface area contributed by atoms with Crippen LogP contribution in [0.3, 0.4) is 0 Å². The van der Waals surface area contributed by atoms with Crippen molar-refractivity contribution in [3.63, 3.8) is 0 Å². The number of methoxy groups -OCH3 is 1. The molecule has 112 valence electrons. The van der Waals surface area contributed by atoms with Crippen LogP contribution in [0, 0.1) is 6.92 Å². The van der Waals surface area contributed by atoms with Crippen LogP contribution in [0.1, 0.15) is 17.5 Å². The summed E-state index contributed by atoms with van der Waals surface area (Å²) >= 11 is 0. The molecular weight excluding hydrogens is 258 g/mol. The first-order chi connectivity index (χ1) is 9.60. The largest absolute Gasteiger partial charge is 0.468 e. The molecule has 0 bridgehead atoms. The summed E-state index contributed by atoms with van der Waals surface area (Å²) in [7, 11) is 1.36. The van der Waals surface area contributed by atoms with Crippen molar-refractivity contribution in [1.29, 1.82) is 0 Å². The van der Waals surface area contributed by atoms with E-state index in [2.05, 4.69) is 0 Å². The zero-order valence-electron chi connectivity index (χ0n) is 12.1. The number of aryl methyl sites for hydroxylation is 1. The molecule has 0 saturated heterocycles. The smallest absolute Gasteiger partial charge is 0.317 e. The van der Waals surface area contributed by atoms with Crippen molar-refractivity contribution >= 4 is 5.97 Å². The van der Waals surface area contributed by atoms with E-state index in [1.807, 2.05) is 31.2 Å². The van der Waals surface area contributed by atoms with E-state index in [1.165, 1.54) is 7.11 Å². The normalized spacial score (nSPS) is 13.8. The van der Waals surface area contributed by atoms with E-state index in [1.54, 1.807) is 0 Å². The van der Waals surface area contributed by atoms with Gasteiger partial charge in [-0.3, -0.25) is 4.79 Å². The van der Waals surface area contributed by atoms with Gasteiger partial charge < -0.3 is 20.3 Å². The summed E-state index contributed by atoms with van der Waals surface area (Å²) in [5, 5.41) is 8.72. The second kappa shape index (κ2) is 7.99. The molecule has 0 amide bonds. The Balaban J connectivity index is 3.02. The molecule has 0 aliphatic carbocycles. The lowest BCUT2D eigenvalue weighted by atomic mass is 9.77. The number of hydrogen-bond donors (Lipinski definition) is 2. The summed E-state index contributed by atoms with van der Waals surface area (Å²) in [6, 6.07) is 7.68. The molecule has 1 unspecified atom stereocenters. The van der Waals surface area contributed by atoms with E-state index >= 15 is 0 Å². The highest BCUT2D eigenvalue weighted by Gasteiger charge is 2.40. The first-order valence-corrected chi connectivity index (χ1v) is 6.65. The number of ether oxygens (including phenoxy) is 2. The Bertz CT molecular complexity index is 436. The molecule has 0 aliphatic heterocycles. The maximum Gasteiger partial charge on any atom is 0.317 e. The molecule has 0 aliphatic rings. The van der Waals surface area contributed by atoms with Crippen molar-refractivity contribution < 1.29 is 19.4 Å². The lowest BCUT2D eigenvalue weighted by Gasteiger charge is -2.30. The Hall–Kier alpha value is -1.43. The van der Waals surface area contributed by atoms with E-state index in [4.69, 9.17) is 20.3 Å². The number of esters is 1. The van der Waals surface area contributed by atoms with E-state index in [0.717, 1.165) is 11.1 Å². The average molecular weight is 281 g/mol. The van der Waals surface area contributed by atoms with Crippen molar-refractivity contribution in [3.05, 3.63) is 35.4 Å². The lowest BCUT2D eigenvalue weighted by molar-refractivity contribution is -0.148. The first kappa shape index (κ1) is 16.6. The summed E-state index contributed by atoms with van der Waals surface area (Å²) < 4.78 is 10.2. The summed E-state index contributed by atoms with van der Waals surface area (Å²) in [4.78, 5) is 12.2. The maximum absolute atomic E-state index is 12.2. The van der Waals surface area contributed by atoms with E-state index in [0.29, 0.717) is 13.0 Å². The number of benzene rings is 1. The van der Waals surface area contributed by atoms with Crippen LogP contribution in [0.25, 0.3) is 0 Å². The highest BCUT2D eigenvalue weighted by molar-refractivity contribution is 5.83. The maximum atomic E-state index is 12.2. The van der Waals surface area contributed by atoms with Gasteiger partial charge in [-0.2, -0.15) is 0 Å². The first-order valence-electron chi connectivity index (χ1n) is 6.65. The minimum absolute atomic E-state index is 0.0434. The molecule has 0 radical (unpaired) electrons. The van der Waals surface area contributed by atoms with Gasteiger partial charge in [0.2, 0.25) is 0 Å². The number of aliphatic hydroxyl groups excluding tert-OH is 1. The van der Waals surface area contributed by atoms with Gasteiger partial charge in [0.15, 0.2) is 0 Å². The van der Waals surface area contributed by atoms with Gasteiger partial charge in [-0.15, -0.1) is 0 Å². The lowest BCUT2D eigenvalue weighted by Crippen LogP contribution is -2.45. The quantitative estimate of drug-likeness (QED) is 0.543. The van der Waals surface area contributed by atoms with Gasteiger partial charge in [0, 0.05) is 13.2 Å². The van der Waals surface area contributed by atoms with Gasteiger partial charge in [0.05, 0.1) is 20.3 Å². The van der Waals surface area contributed by atoms with E-state index < -0.39 is 5.41 Å². The fourth-order valence-corrected chi connectivity index (χ4v) is 2.22. The van der Waals surface area contributed by atoms with Crippen molar-refractivity contribution in [2.75, 3.05) is 33.5 Å². The molecule has 0 saturated carbocycles. The van der Waals surface area contributed by atoms with Gasteiger partial charge >= 0.3 is 5.97 Å². The fraction of sp³-hybridized carbons (Fsp3) is 0.533. The topological polar surface area (TPSA) is 81.8 Å². The van der Waals surface area contributed by atoms with Crippen molar-refractivity contribution in [2.45, 2.75) is 18.8 Å². The number of aliphatic hydroxyl groups is 1. The van der Waals surface area contributed by atoms with Crippen LogP contribution in [0.15, 0.2) is 24.3 Å². The van der Waals surface area contributed by atoms with Crippen LogP contribution < -0.4 is 5.73 Å². The molecule has 0 heterocycles. The molecule has 0 aromatic heterocycles. The van der Waals surface area contributed by atoms with Crippen molar-refractivity contribution in [3.8, 4) is 0 Å². The average Bonchev–Trinajstić information content (AvgIpc) is 2.47. The molecule has 0 fully saturated rings. The zero-order chi connectivity index (χ0) is 15.0. The number of carbonyl (C=O) groups excluding carboxylic acids is 1. The molecule has 1 aromatic rings. The van der Waals surface area contributed by atoms with Crippen LogP contribution in [0.2, 0.25) is 0 Å². The molecule has 5 nitrogen and oxygen atoms in total. The SMILES string of the molecule is COC(=O)C(CN)(CCOCCO)c1cccc(C)c1. The summed E-state index contributed by atoms with van der Waals surface area (Å²) in [5.41, 5.74) is 6.86. The third kappa shape index (κ3) is 3.79. The number of rotatable bonds is 8. The summed E-state index contributed by atoms with van der Waals surface area (Å²) in [6.07, 6.45) is 0.416. The number of hydrogen-bond acceptors (Lipinski definition) is 5. The third-order valence-electron chi connectivity index (χ3n) is 3.40. The van der Waals surface area contributed by atoms with Crippen molar-refractivity contribution in [2.24, 2.45) is 5.73 Å². The van der Waals surface area contributed by atoms with E-state index in [-0.39, 0.29) is 25.7 Å². The second-order valence-electron chi connectivity index (χ2n) is 4.73. The minimum atomic E-state index is -0.907. The van der Waals surface area contributed by atoms with Crippen LogP contribution in [0.4, 0.5) is 0 Å². The third-order valence-corrected chi connectivity index (χ3v) is 3.40. The Morgan fingerprint density at radius 3 is 2.70 bits per heavy atom. The molecule has 5 heteroatoms. The molecule has 1 rings (SSSR count). The van der Waals surface area contributed by atoms with E-state index in [9.17, 15) is 4.79 Å². The molecule has 1 atom stereocenters. The molecule has 3 N–H and O–H groups in total. The standard InChI is InChI=1S/C15H23NO4/c1-12-4-3-5-13(10-12)15(11-16,14(18)19-2)6-8-20-9-7-17/h3-5,10,17H,6-9,11,16H2,1-2H3. The van der Waals surface area contributed by atoms with Crippen molar-refractivity contribution in [1.82, 2.24) is 0 Å². The fourth-order valence-electron chi connectivity index (χ4n) is 2.22. The molecular formula is C15H23NO4.